The van der Waals surface area contributed by atoms with Crippen molar-refractivity contribution >= 4 is 33.1 Å². The number of carbonyl (C=O) groups is 1. The van der Waals surface area contributed by atoms with E-state index < -0.39 is 0 Å². The third-order valence-corrected chi connectivity index (χ3v) is 5.87. The molecule has 3 rings (SSSR count). The number of benzene rings is 1. The molecule has 0 saturated carbocycles. The Morgan fingerprint density at radius 1 is 1.15 bits per heavy atom. The quantitative estimate of drug-likeness (QED) is 0.620. The molecule has 6 heteroatoms. The molecule has 0 radical (unpaired) electrons. The molecule has 1 N–H and O–H groups in total. The molecule has 1 amide bonds. The summed E-state index contributed by atoms with van der Waals surface area (Å²) < 4.78 is 0. The predicted octanol–water partition coefficient (Wildman–Crippen LogP) is 4.26. The first-order valence-corrected chi connectivity index (χ1v) is 10.2. The van der Waals surface area contributed by atoms with Gasteiger partial charge in [-0.25, -0.2) is 9.97 Å². The van der Waals surface area contributed by atoms with Gasteiger partial charge in [-0.05, 0) is 51.8 Å². The number of aromatic nitrogens is 2. The molecule has 0 aliphatic carbocycles. The Morgan fingerprint density at radius 2 is 1.89 bits per heavy atom. The molecular weight excluding hydrogens is 356 g/mol. The molecule has 0 atom stereocenters. The number of fused-ring (bicyclic) bond motifs is 1. The van der Waals surface area contributed by atoms with Gasteiger partial charge in [-0.15, -0.1) is 11.3 Å². The van der Waals surface area contributed by atoms with Crippen LogP contribution < -0.4 is 10.2 Å². The molecule has 0 aliphatic heterocycles. The minimum atomic E-state index is -0.0182. The van der Waals surface area contributed by atoms with Crippen LogP contribution in [0.25, 0.3) is 10.2 Å². The van der Waals surface area contributed by atoms with Crippen molar-refractivity contribution in [3.63, 3.8) is 0 Å². The van der Waals surface area contributed by atoms with Crippen LogP contribution in [0.1, 0.15) is 40.1 Å². The van der Waals surface area contributed by atoms with E-state index in [4.69, 9.17) is 0 Å². The van der Waals surface area contributed by atoms with E-state index in [-0.39, 0.29) is 5.91 Å². The Hall–Kier alpha value is -2.47. The maximum Gasteiger partial charge on any atom is 0.261 e. The number of anilines is 1. The highest BCUT2D eigenvalue weighted by Crippen LogP contribution is 2.31. The number of nitrogens with zero attached hydrogens (tertiary/aromatic N) is 3. The Kier molecular flexibility index (Phi) is 6.06. The van der Waals surface area contributed by atoms with Gasteiger partial charge in [0.25, 0.3) is 5.91 Å². The first-order valence-electron chi connectivity index (χ1n) is 9.33. The topological polar surface area (TPSA) is 58.1 Å². The van der Waals surface area contributed by atoms with Crippen molar-refractivity contribution in [1.82, 2.24) is 15.3 Å². The minimum Gasteiger partial charge on any atom is -0.372 e. The number of para-hydroxylation sites is 1. The molecule has 2 heterocycles. The van der Waals surface area contributed by atoms with Crippen molar-refractivity contribution in [1.29, 1.82) is 0 Å². The third kappa shape index (κ3) is 4.27. The van der Waals surface area contributed by atoms with E-state index in [2.05, 4.69) is 51.4 Å². The molecule has 142 valence electrons. The Labute approximate surface area is 164 Å². The van der Waals surface area contributed by atoms with E-state index in [0.717, 1.165) is 51.7 Å². The molecule has 1 aromatic carbocycles. The lowest BCUT2D eigenvalue weighted by atomic mass is 10.1. The van der Waals surface area contributed by atoms with Crippen LogP contribution in [0.5, 0.6) is 0 Å². The average Bonchev–Trinajstić information content (AvgIpc) is 2.99. The highest BCUT2D eigenvalue weighted by Gasteiger charge is 2.18. The average molecular weight is 383 g/mol. The highest BCUT2D eigenvalue weighted by atomic mass is 32.1. The van der Waals surface area contributed by atoms with Gasteiger partial charge in [0, 0.05) is 36.4 Å². The molecule has 0 fully saturated rings. The molecule has 0 aliphatic rings. The van der Waals surface area contributed by atoms with Crippen molar-refractivity contribution in [3.05, 3.63) is 52.3 Å². The zero-order chi connectivity index (χ0) is 19.4. The summed E-state index contributed by atoms with van der Waals surface area (Å²) in [6.45, 7) is 10.5. The van der Waals surface area contributed by atoms with E-state index in [0.29, 0.717) is 6.54 Å². The van der Waals surface area contributed by atoms with Gasteiger partial charge in [0.2, 0.25) is 0 Å². The summed E-state index contributed by atoms with van der Waals surface area (Å²) in [7, 11) is 0. The van der Waals surface area contributed by atoms with Crippen LogP contribution in [0.3, 0.4) is 0 Å². The molecule has 0 spiro atoms. The monoisotopic (exact) mass is 382 g/mol. The van der Waals surface area contributed by atoms with Gasteiger partial charge in [0.15, 0.2) is 0 Å². The van der Waals surface area contributed by atoms with Crippen molar-refractivity contribution in [2.45, 2.75) is 34.1 Å². The molecule has 0 unspecified atom stereocenters. The summed E-state index contributed by atoms with van der Waals surface area (Å²) in [5, 5.41) is 4.07. The van der Waals surface area contributed by atoms with Crippen molar-refractivity contribution in [2.75, 3.05) is 24.5 Å². The fourth-order valence-corrected chi connectivity index (χ4v) is 4.54. The van der Waals surface area contributed by atoms with Crippen LogP contribution >= 0.6 is 11.3 Å². The largest absolute Gasteiger partial charge is 0.372 e. The fraction of sp³-hybridized carbons (Fsp3) is 0.381. The normalized spacial score (nSPS) is 11.0. The Morgan fingerprint density at radius 3 is 2.59 bits per heavy atom. The number of hydrogen-bond acceptors (Lipinski definition) is 5. The maximum atomic E-state index is 12.7. The summed E-state index contributed by atoms with van der Waals surface area (Å²) >= 11 is 1.45. The van der Waals surface area contributed by atoms with Crippen molar-refractivity contribution < 1.29 is 4.79 Å². The van der Waals surface area contributed by atoms with E-state index in [9.17, 15) is 4.79 Å². The van der Waals surface area contributed by atoms with Gasteiger partial charge in [-0.1, -0.05) is 18.2 Å². The lowest BCUT2D eigenvalue weighted by Gasteiger charge is -2.23. The van der Waals surface area contributed by atoms with Crippen LogP contribution in [0, 0.1) is 20.8 Å². The van der Waals surface area contributed by atoms with E-state index in [1.165, 1.54) is 17.0 Å². The second-order valence-corrected chi connectivity index (χ2v) is 7.62. The van der Waals surface area contributed by atoms with Gasteiger partial charge in [0.1, 0.15) is 10.7 Å². The first-order chi connectivity index (χ1) is 13.0. The number of thiophene rings is 1. The smallest absolute Gasteiger partial charge is 0.261 e. The van der Waals surface area contributed by atoms with Gasteiger partial charge < -0.3 is 10.2 Å². The van der Waals surface area contributed by atoms with Crippen LogP contribution in [0.4, 0.5) is 5.69 Å². The van der Waals surface area contributed by atoms with Crippen LogP contribution in [0.15, 0.2) is 30.3 Å². The van der Waals surface area contributed by atoms with Crippen molar-refractivity contribution in [3.8, 4) is 0 Å². The van der Waals surface area contributed by atoms with E-state index >= 15 is 0 Å². The number of rotatable bonds is 7. The number of nitrogens with one attached hydrogen (secondary N) is 1. The summed E-state index contributed by atoms with van der Waals surface area (Å²) in [5.74, 6) is 0.726. The number of carbonyl (C=O) groups excluding carboxylic acids is 1. The fourth-order valence-electron chi connectivity index (χ4n) is 3.35. The molecule has 3 aromatic rings. The molecule has 5 nitrogen and oxygen atoms in total. The van der Waals surface area contributed by atoms with E-state index in [1.54, 1.807) is 0 Å². The zero-order valence-corrected chi connectivity index (χ0v) is 17.2. The molecule has 0 saturated heterocycles. The number of amides is 1. The lowest BCUT2D eigenvalue weighted by molar-refractivity contribution is 0.0957. The molecular formula is C21H26N4OS. The minimum absolute atomic E-state index is 0.0182. The van der Waals surface area contributed by atoms with Gasteiger partial charge in [0.05, 0.1) is 4.88 Å². The summed E-state index contributed by atoms with van der Waals surface area (Å²) in [4.78, 5) is 25.5. The maximum absolute atomic E-state index is 12.7. The third-order valence-electron chi connectivity index (χ3n) is 4.68. The van der Waals surface area contributed by atoms with Crippen LogP contribution in [-0.4, -0.2) is 35.5 Å². The van der Waals surface area contributed by atoms with E-state index in [1.807, 2.05) is 26.8 Å². The summed E-state index contributed by atoms with van der Waals surface area (Å²) in [6, 6.07) is 10.4. The number of hydrogen-bond donors (Lipinski definition) is 1. The van der Waals surface area contributed by atoms with Crippen LogP contribution in [0.2, 0.25) is 0 Å². The van der Waals surface area contributed by atoms with Gasteiger partial charge in [-0.2, -0.15) is 0 Å². The SMILES string of the molecule is CCN(CCCNC(=O)c1sc2nc(C)nc(C)c2c1C)c1ccccc1. The molecule has 0 bridgehead atoms. The van der Waals surface area contributed by atoms with Crippen LogP contribution in [-0.2, 0) is 0 Å². The Bertz CT molecular complexity index is 936. The van der Waals surface area contributed by atoms with Gasteiger partial charge >= 0.3 is 0 Å². The standard InChI is InChI=1S/C21H26N4OS/c1-5-25(17-10-7-6-8-11-17)13-9-12-22-20(26)19-14(2)18-15(3)23-16(4)24-21(18)27-19/h6-8,10-11H,5,9,12-13H2,1-4H3,(H,22,26). The highest BCUT2D eigenvalue weighted by molar-refractivity contribution is 7.20. The zero-order valence-electron chi connectivity index (χ0n) is 16.4. The predicted molar refractivity (Wildman–Crippen MR) is 113 cm³/mol. The lowest BCUT2D eigenvalue weighted by Crippen LogP contribution is -2.29. The second-order valence-electron chi connectivity index (χ2n) is 6.62. The molecule has 2 aromatic heterocycles. The summed E-state index contributed by atoms with van der Waals surface area (Å²) in [5.41, 5.74) is 3.13. The Balaban J connectivity index is 1.61. The van der Waals surface area contributed by atoms with Gasteiger partial charge in [-0.3, -0.25) is 4.79 Å². The summed E-state index contributed by atoms with van der Waals surface area (Å²) in [6.07, 6.45) is 0.899. The first kappa shape index (κ1) is 19.3. The van der Waals surface area contributed by atoms with Crippen molar-refractivity contribution in [2.24, 2.45) is 0 Å². The number of aryl methyl sites for hydroxylation is 3. The second kappa shape index (κ2) is 8.48. The molecule has 27 heavy (non-hydrogen) atoms.